The third kappa shape index (κ3) is 8.26. The number of carbonyl (C=O) groups excluding carboxylic acids is 3. The number of hydrogen-bond donors (Lipinski definition) is 1. The van der Waals surface area contributed by atoms with Gasteiger partial charge in [0, 0.05) is 40.7 Å². The molecule has 0 saturated carbocycles. The van der Waals surface area contributed by atoms with Crippen LogP contribution in [0.25, 0.3) is 11.0 Å². The molecule has 53 heavy (non-hydrogen) atoms. The van der Waals surface area contributed by atoms with Crippen LogP contribution in [0.15, 0.2) is 47.3 Å². The highest BCUT2D eigenvalue weighted by Gasteiger charge is 2.43. The molecule has 3 amide bonds. The number of anilines is 1. The Balaban J connectivity index is 1.28. The number of piperidine rings is 1. The van der Waals surface area contributed by atoms with Crippen molar-refractivity contribution in [3.8, 4) is 0 Å². The summed E-state index contributed by atoms with van der Waals surface area (Å²) in [5.74, 6) is -0.884. The number of nitrogens with one attached hydrogen (secondary N) is 1. The van der Waals surface area contributed by atoms with E-state index in [0.29, 0.717) is 68.2 Å². The highest BCUT2D eigenvalue weighted by atomic mass is 28.4. The molecule has 288 valence electrons. The number of amides is 3. The molecule has 4 heterocycles. The Morgan fingerprint density at radius 1 is 1.00 bits per heavy atom. The molecule has 3 atom stereocenters. The third-order valence-corrected chi connectivity index (χ3v) is 17.6. The summed E-state index contributed by atoms with van der Waals surface area (Å²) < 4.78 is 22.0. The number of aromatic nitrogens is 2. The molecular formula is C39H57N5O7Si2. The van der Waals surface area contributed by atoms with Crippen molar-refractivity contribution < 1.29 is 28.3 Å². The number of carbonyl (C=O) groups is 3. The van der Waals surface area contributed by atoms with E-state index in [4.69, 9.17) is 13.9 Å². The summed E-state index contributed by atoms with van der Waals surface area (Å²) in [6.45, 7) is 20.3. The van der Waals surface area contributed by atoms with Gasteiger partial charge in [-0.3, -0.25) is 28.4 Å². The Hall–Kier alpha value is -3.57. The first-order chi connectivity index (χ1) is 25.0. The van der Waals surface area contributed by atoms with E-state index in [1.165, 1.54) is 4.57 Å². The van der Waals surface area contributed by atoms with Crippen molar-refractivity contribution in [2.45, 2.75) is 115 Å². The molecule has 1 unspecified atom stereocenters. The van der Waals surface area contributed by atoms with Crippen LogP contribution in [0.1, 0.15) is 62.0 Å². The van der Waals surface area contributed by atoms with Crippen LogP contribution in [-0.4, -0.2) is 98.2 Å². The van der Waals surface area contributed by atoms with Crippen molar-refractivity contribution in [3.05, 3.63) is 64.1 Å². The number of imide groups is 1. The van der Waals surface area contributed by atoms with E-state index in [-0.39, 0.29) is 54.3 Å². The van der Waals surface area contributed by atoms with Gasteiger partial charge in [-0.1, -0.05) is 70.7 Å². The molecule has 0 aliphatic carbocycles. The zero-order valence-corrected chi connectivity index (χ0v) is 34.7. The Morgan fingerprint density at radius 2 is 1.74 bits per heavy atom. The summed E-state index contributed by atoms with van der Waals surface area (Å²) in [7, 11) is -3.46. The lowest BCUT2D eigenvalue weighted by Gasteiger charge is -2.38. The van der Waals surface area contributed by atoms with E-state index in [9.17, 15) is 19.2 Å². The number of likely N-dealkylation sites (tertiary alicyclic amines) is 2. The highest BCUT2D eigenvalue weighted by Crippen LogP contribution is 2.39. The van der Waals surface area contributed by atoms with E-state index < -0.39 is 28.3 Å². The Labute approximate surface area is 314 Å². The van der Waals surface area contributed by atoms with Crippen LogP contribution in [0, 0.1) is 0 Å². The molecule has 3 aromatic rings. The van der Waals surface area contributed by atoms with Crippen LogP contribution < -0.4 is 11.0 Å². The molecule has 2 saturated heterocycles. The monoisotopic (exact) mass is 763 g/mol. The Bertz CT molecular complexity index is 1900. The fraction of sp³-hybridized carbons (Fsp3) is 0.590. The SMILES string of the molecule is CC(C)(C)[Si](C)(C)OC[C@@H]1C[C@@H](OCc2ccccc2)CN1C(=O)c1ccc2c3c1NCCn3c(=O)n2C1CCC(=O)N(COCC[Si](C)(C)C)C1=O. The second kappa shape index (κ2) is 15.3. The van der Waals surface area contributed by atoms with Gasteiger partial charge in [0.2, 0.25) is 5.91 Å². The molecule has 3 aliphatic rings. The fourth-order valence-electron chi connectivity index (χ4n) is 7.13. The minimum absolute atomic E-state index is 0.0182. The van der Waals surface area contributed by atoms with E-state index in [2.05, 4.69) is 58.8 Å². The molecule has 2 aromatic carbocycles. The van der Waals surface area contributed by atoms with E-state index in [0.717, 1.165) is 16.5 Å². The Morgan fingerprint density at radius 3 is 2.43 bits per heavy atom. The van der Waals surface area contributed by atoms with Gasteiger partial charge < -0.3 is 24.1 Å². The smallest absolute Gasteiger partial charge is 0.329 e. The molecule has 12 nitrogen and oxygen atoms in total. The summed E-state index contributed by atoms with van der Waals surface area (Å²) in [6.07, 6.45) is 0.844. The maximum Gasteiger partial charge on any atom is 0.329 e. The molecule has 2 fully saturated rings. The second-order valence-corrected chi connectivity index (χ2v) is 27.9. The van der Waals surface area contributed by atoms with Gasteiger partial charge in [-0.25, -0.2) is 4.79 Å². The first kappa shape index (κ1) is 39.1. The molecule has 3 aliphatic heterocycles. The average Bonchev–Trinajstić information content (AvgIpc) is 3.64. The van der Waals surface area contributed by atoms with Gasteiger partial charge in [0.1, 0.15) is 12.8 Å². The largest absolute Gasteiger partial charge is 0.415 e. The van der Waals surface area contributed by atoms with Crippen molar-refractivity contribution in [2.24, 2.45) is 0 Å². The highest BCUT2D eigenvalue weighted by molar-refractivity contribution is 6.76. The van der Waals surface area contributed by atoms with Crippen LogP contribution >= 0.6 is 0 Å². The third-order valence-electron chi connectivity index (χ3n) is 11.4. The topological polar surface area (TPSA) is 124 Å². The van der Waals surface area contributed by atoms with Crippen LogP contribution in [0.4, 0.5) is 5.69 Å². The van der Waals surface area contributed by atoms with Gasteiger partial charge in [-0.15, -0.1) is 0 Å². The Kier molecular flexibility index (Phi) is 11.3. The molecule has 1 aromatic heterocycles. The van der Waals surface area contributed by atoms with Gasteiger partial charge >= 0.3 is 5.69 Å². The molecule has 0 spiro atoms. The number of ether oxygens (including phenoxy) is 2. The van der Waals surface area contributed by atoms with Gasteiger partial charge in [-0.05, 0) is 54.7 Å². The molecule has 0 bridgehead atoms. The number of rotatable bonds is 13. The van der Waals surface area contributed by atoms with Gasteiger partial charge in [-0.2, -0.15) is 0 Å². The predicted molar refractivity (Wildman–Crippen MR) is 211 cm³/mol. The van der Waals surface area contributed by atoms with Crippen molar-refractivity contribution in [1.29, 1.82) is 0 Å². The van der Waals surface area contributed by atoms with Gasteiger partial charge in [0.25, 0.3) is 11.8 Å². The van der Waals surface area contributed by atoms with E-state index in [1.54, 1.807) is 16.7 Å². The molecule has 6 rings (SSSR count). The maximum absolute atomic E-state index is 14.7. The summed E-state index contributed by atoms with van der Waals surface area (Å²) >= 11 is 0. The number of imidazole rings is 1. The summed E-state index contributed by atoms with van der Waals surface area (Å²) in [4.78, 5) is 58.5. The minimum atomic E-state index is -2.10. The summed E-state index contributed by atoms with van der Waals surface area (Å²) in [6, 6.07) is 13.4. The number of benzene rings is 2. The van der Waals surface area contributed by atoms with Crippen molar-refractivity contribution in [3.63, 3.8) is 0 Å². The molecule has 14 heteroatoms. The summed E-state index contributed by atoms with van der Waals surface area (Å²) in [5, 5.41) is 3.44. The van der Waals surface area contributed by atoms with Crippen molar-refractivity contribution in [2.75, 3.05) is 38.4 Å². The first-order valence-corrected chi connectivity index (χ1v) is 25.6. The zero-order chi connectivity index (χ0) is 38.3. The fourth-order valence-corrected chi connectivity index (χ4v) is 8.93. The zero-order valence-electron chi connectivity index (χ0n) is 32.7. The maximum atomic E-state index is 14.7. The van der Waals surface area contributed by atoms with Gasteiger partial charge in [0.15, 0.2) is 8.32 Å². The second-order valence-electron chi connectivity index (χ2n) is 17.5. The van der Waals surface area contributed by atoms with E-state index in [1.807, 2.05) is 35.2 Å². The molecule has 0 radical (unpaired) electrons. The lowest BCUT2D eigenvalue weighted by Crippen LogP contribution is -2.48. The van der Waals surface area contributed by atoms with Crippen LogP contribution in [0.5, 0.6) is 0 Å². The molecule has 1 N–H and O–H groups in total. The quantitative estimate of drug-likeness (QED) is 0.127. The first-order valence-electron chi connectivity index (χ1n) is 19.0. The van der Waals surface area contributed by atoms with Crippen LogP contribution in [-0.2, 0) is 36.6 Å². The number of nitrogens with zero attached hydrogens (tertiary/aromatic N) is 4. The van der Waals surface area contributed by atoms with Crippen LogP contribution in [0.3, 0.4) is 0 Å². The average molecular weight is 764 g/mol. The normalized spacial score (nSPS) is 21.1. The standard InChI is InChI=1S/C39H57N5O7Si2/c1-39(2,3)53(7,8)51-25-28-22-29(50-24-27-12-10-9-11-13-27)23-42(28)36(46)30-14-15-31-35-34(30)40-18-19-41(35)38(48)44(31)32-16-17-33(45)43(37(32)47)26-49-20-21-52(4,5)6/h9-15,28-29,32,40H,16-26H2,1-8H3/t28-,29+,32?/m0/s1. The number of hydrogen-bond acceptors (Lipinski definition) is 8. The predicted octanol–water partition coefficient (Wildman–Crippen LogP) is 6.05. The lowest BCUT2D eigenvalue weighted by atomic mass is 10.0. The van der Waals surface area contributed by atoms with Crippen molar-refractivity contribution >= 4 is 50.8 Å². The minimum Gasteiger partial charge on any atom is -0.415 e. The summed E-state index contributed by atoms with van der Waals surface area (Å²) in [5.41, 5.74) is 2.95. The van der Waals surface area contributed by atoms with Gasteiger partial charge in [0.05, 0.1) is 47.6 Å². The van der Waals surface area contributed by atoms with Crippen LogP contribution in [0.2, 0.25) is 43.8 Å². The lowest BCUT2D eigenvalue weighted by molar-refractivity contribution is -0.157. The van der Waals surface area contributed by atoms with E-state index >= 15 is 0 Å². The molecular weight excluding hydrogens is 707 g/mol. The van der Waals surface area contributed by atoms with Crippen molar-refractivity contribution in [1.82, 2.24) is 18.9 Å².